The number of aliphatic hydroxyl groups is 2. The van der Waals surface area contributed by atoms with Crippen molar-refractivity contribution in [2.75, 3.05) is 5.75 Å². The molecular formula is C12H14N2O3S. The molecule has 2 atom stereocenters. The zero-order valence-electron chi connectivity index (χ0n) is 9.58. The van der Waals surface area contributed by atoms with Crippen molar-refractivity contribution in [2.45, 2.75) is 18.6 Å². The molecule has 2 aromatic rings. The van der Waals surface area contributed by atoms with E-state index in [0.717, 1.165) is 6.29 Å². The second-order valence-electron chi connectivity index (χ2n) is 4.05. The van der Waals surface area contributed by atoms with Crippen LogP contribution >= 0.6 is 12.6 Å². The molecule has 96 valence electrons. The molecule has 0 amide bonds. The van der Waals surface area contributed by atoms with Gasteiger partial charge in [0.05, 0.1) is 6.10 Å². The number of carbonyl (C=O) groups is 1. The van der Waals surface area contributed by atoms with Crippen molar-refractivity contribution >= 4 is 29.9 Å². The molecule has 2 unspecified atom stereocenters. The minimum atomic E-state index is -1.02. The van der Waals surface area contributed by atoms with Crippen LogP contribution in [-0.4, -0.2) is 38.3 Å². The summed E-state index contributed by atoms with van der Waals surface area (Å²) in [7, 11) is 0. The quantitative estimate of drug-likeness (QED) is 0.482. The molecule has 0 aromatic carbocycles. The highest BCUT2D eigenvalue weighted by atomic mass is 32.1. The summed E-state index contributed by atoms with van der Waals surface area (Å²) in [6.45, 7) is 0. The molecule has 18 heavy (non-hydrogen) atoms. The Morgan fingerprint density at radius 3 is 2.94 bits per heavy atom. The van der Waals surface area contributed by atoms with Gasteiger partial charge in [-0.05, 0) is 18.2 Å². The third kappa shape index (κ3) is 2.40. The first-order chi connectivity index (χ1) is 8.67. The lowest BCUT2D eigenvalue weighted by Crippen LogP contribution is -2.18. The highest BCUT2D eigenvalue weighted by Gasteiger charge is 2.19. The molecule has 3 N–H and O–H groups in total. The van der Waals surface area contributed by atoms with E-state index in [2.05, 4.69) is 22.6 Å². The van der Waals surface area contributed by atoms with Crippen molar-refractivity contribution in [3.8, 4) is 0 Å². The normalized spacial score (nSPS) is 14.6. The molecule has 0 fully saturated rings. The Balaban J connectivity index is 2.36. The minimum Gasteiger partial charge on any atom is -0.390 e. The molecule has 0 bridgehead atoms. The molecule has 5 nitrogen and oxygen atoms in total. The largest absolute Gasteiger partial charge is 0.390 e. The van der Waals surface area contributed by atoms with Gasteiger partial charge in [-0.1, -0.05) is 0 Å². The maximum Gasteiger partial charge on any atom is 0.152 e. The number of hydrogen-bond donors (Lipinski definition) is 4. The summed E-state index contributed by atoms with van der Waals surface area (Å²) in [4.78, 5) is 17.8. The molecule has 2 aromatic heterocycles. The van der Waals surface area contributed by atoms with Crippen LogP contribution in [0, 0.1) is 0 Å². The second kappa shape index (κ2) is 5.51. The highest BCUT2D eigenvalue weighted by Crippen LogP contribution is 2.23. The Morgan fingerprint density at radius 1 is 1.50 bits per heavy atom. The van der Waals surface area contributed by atoms with E-state index < -0.39 is 12.2 Å². The van der Waals surface area contributed by atoms with Crippen LogP contribution in [0.25, 0.3) is 11.0 Å². The number of H-pyrrole nitrogens is 1. The molecule has 0 aliphatic carbocycles. The van der Waals surface area contributed by atoms with Crippen LogP contribution in [0.5, 0.6) is 0 Å². The van der Waals surface area contributed by atoms with E-state index in [1.807, 2.05) is 0 Å². The van der Waals surface area contributed by atoms with Crippen LogP contribution in [0.2, 0.25) is 0 Å². The maximum atomic E-state index is 10.8. The topological polar surface area (TPSA) is 86.2 Å². The van der Waals surface area contributed by atoms with Crippen LogP contribution in [0.3, 0.4) is 0 Å². The Labute approximate surface area is 109 Å². The number of aldehydes is 1. The summed E-state index contributed by atoms with van der Waals surface area (Å²) in [5, 5.41) is 20.3. The van der Waals surface area contributed by atoms with Gasteiger partial charge in [-0.25, -0.2) is 4.98 Å². The van der Waals surface area contributed by atoms with Crippen molar-refractivity contribution in [3.05, 3.63) is 29.6 Å². The number of fused-ring (bicyclic) bond motifs is 1. The summed E-state index contributed by atoms with van der Waals surface area (Å²) in [5.74, 6) is 0.484. The smallest absolute Gasteiger partial charge is 0.152 e. The third-order valence-electron chi connectivity index (χ3n) is 2.84. The van der Waals surface area contributed by atoms with E-state index in [-0.39, 0.29) is 0 Å². The van der Waals surface area contributed by atoms with Gasteiger partial charge in [0.25, 0.3) is 0 Å². The van der Waals surface area contributed by atoms with Gasteiger partial charge in [-0.3, -0.25) is 4.79 Å². The Morgan fingerprint density at radius 2 is 2.28 bits per heavy atom. The number of carbonyl (C=O) groups excluding carboxylic acids is 1. The van der Waals surface area contributed by atoms with E-state index in [0.29, 0.717) is 34.3 Å². The van der Waals surface area contributed by atoms with E-state index in [1.165, 1.54) is 6.20 Å². The number of nitrogens with zero attached hydrogens (tertiary/aromatic N) is 1. The number of aromatic amines is 1. The summed E-state index contributed by atoms with van der Waals surface area (Å²) in [6.07, 6.45) is 2.24. The molecular weight excluding hydrogens is 252 g/mol. The first kappa shape index (κ1) is 13.1. The molecule has 2 rings (SSSR count). The number of nitrogens with one attached hydrogen (secondary N) is 1. The average molecular weight is 266 g/mol. The predicted octanol–water partition coefficient (Wildman–Crippen LogP) is 1.09. The third-order valence-corrected chi connectivity index (χ3v) is 3.10. The number of rotatable bonds is 5. The standard InChI is InChI=1S/C12H14N2O3S/c15-6-8-5-14-12-9(8)3-7(4-13-12)11(17)10(16)1-2-18/h3-6,10-11,16-18H,1-2H2,(H,13,14). The van der Waals surface area contributed by atoms with Gasteiger partial charge in [0.1, 0.15) is 11.8 Å². The fourth-order valence-corrected chi connectivity index (χ4v) is 2.08. The van der Waals surface area contributed by atoms with Crippen LogP contribution < -0.4 is 0 Å². The first-order valence-corrected chi connectivity index (χ1v) is 6.19. The Hall–Kier alpha value is -1.37. The zero-order valence-corrected chi connectivity index (χ0v) is 10.5. The molecule has 2 heterocycles. The Bertz CT molecular complexity index is 555. The van der Waals surface area contributed by atoms with Gasteiger partial charge in [0.2, 0.25) is 0 Å². The van der Waals surface area contributed by atoms with Crippen LogP contribution in [0.4, 0.5) is 0 Å². The van der Waals surface area contributed by atoms with Crippen LogP contribution in [-0.2, 0) is 0 Å². The SMILES string of the molecule is O=Cc1c[nH]c2ncc(C(O)C(O)CCS)cc12. The number of thiol groups is 1. The van der Waals surface area contributed by atoms with Gasteiger partial charge in [0.15, 0.2) is 6.29 Å². The monoisotopic (exact) mass is 266 g/mol. The predicted molar refractivity (Wildman–Crippen MR) is 70.9 cm³/mol. The summed E-state index contributed by atoms with van der Waals surface area (Å²) >= 11 is 4.01. The maximum absolute atomic E-state index is 10.8. The Kier molecular flexibility index (Phi) is 4.00. The van der Waals surface area contributed by atoms with E-state index in [1.54, 1.807) is 12.3 Å². The second-order valence-corrected chi connectivity index (χ2v) is 4.50. The summed E-state index contributed by atoms with van der Waals surface area (Å²) < 4.78 is 0. The van der Waals surface area contributed by atoms with Crippen molar-refractivity contribution in [3.63, 3.8) is 0 Å². The lowest BCUT2D eigenvalue weighted by molar-refractivity contribution is 0.0171. The van der Waals surface area contributed by atoms with Crippen molar-refractivity contribution in [1.29, 1.82) is 0 Å². The van der Waals surface area contributed by atoms with Gasteiger partial charge >= 0.3 is 0 Å². The van der Waals surface area contributed by atoms with E-state index in [9.17, 15) is 15.0 Å². The fraction of sp³-hybridized carbons (Fsp3) is 0.333. The summed E-state index contributed by atoms with van der Waals surface area (Å²) in [5.41, 5.74) is 1.55. The summed E-state index contributed by atoms with van der Waals surface area (Å²) in [6, 6.07) is 1.66. The molecule has 0 spiro atoms. The lowest BCUT2D eigenvalue weighted by Gasteiger charge is -2.17. The molecule has 0 saturated carbocycles. The van der Waals surface area contributed by atoms with Crippen molar-refractivity contribution < 1.29 is 15.0 Å². The van der Waals surface area contributed by atoms with Gasteiger partial charge < -0.3 is 15.2 Å². The van der Waals surface area contributed by atoms with E-state index in [4.69, 9.17) is 0 Å². The van der Waals surface area contributed by atoms with Gasteiger partial charge in [-0.2, -0.15) is 12.6 Å². The number of aliphatic hydroxyl groups excluding tert-OH is 2. The van der Waals surface area contributed by atoms with Gasteiger partial charge in [0, 0.05) is 28.9 Å². The molecule has 0 aliphatic heterocycles. The molecule has 0 saturated heterocycles. The van der Waals surface area contributed by atoms with Gasteiger partial charge in [-0.15, -0.1) is 0 Å². The highest BCUT2D eigenvalue weighted by molar-refractivity contribution is 7.80. The van der Waals surface area contributed by atoms with Crippen molar-refractivity contribution in [2.24, 2.45) is 0 Å². The number of hydrogen-bond acceptors (Lipinski definition) is 5. The van der Waals surface area contributed by atoms with E-state index >= 15 is 0 Å². The van der Waals surface area contributed by atoms with Crippen molar-refractivity contribution in [1.82, 2.24) is 9.97 Å². The molecule has 6 heteroatoms. The lowest BCUT2D eigenvalue weighted by atomic mass is 10.0. The number of aromatic nitrogens is 2. The molecule has 0 aliphatic rings. The average Bonchev–Trinajstić information content (AvgIpc) is 2.80. The number of pyridine rings is 1. The first-order valence-electron chi connectivity index (χ1n) is 5.56. The van der Waals surface area contributed by atoms with Crippen LogP contribution in [0.1, 0.15) is 28.4 Å². The molecule has 0 radical (unpaired) electrons. The zero-order chi connectivity index (χ0) is 13.1. The van der Waals surface area contributed by atoms with Crippen LogP contribution in [0.15, 0.2) is 18.5 Å². The minimum absolute atomic E-state index is 0.385. The fourth-order valence-electron chi connectivity index (χ4n) is 1.81.